The summed E-state index contributed by atoms with van der Waals surface area (Å²) < 4.78 is 238. The van der Waals surface area contributed by atoms with E-state index in [0.717, 1.165) is 0 Å². The molecule has 38 heavy (non-hydrogen) atoms. The van der Waals surface area contributed by atoms with Crippen molar-refractivity contribution in [3.8, 4) is 0 Å². The molecule has 0 heterocycles. The summed E-state index contributed by atoms with van der Waals surface area (Å²) in [5, 5.41) is 0. The molecule has 0 aromatic heterocycles. The lowest BCUT2D eigenvalue weighted by atomic mass is 10.1. The molecule has 0 aliphatic carbocycles. The summed E-state index contributed by atoms with van der Waals surface area (Å²) in [7, 11) is -28.1. The van der Waals surface area contributed by atoms with Crippen LogP contribution >= 0.6 is 0 Å². The van der Waals surface area contributed by atoms with Crippen molar-refractivity contribution in [2.45, 2.75) is 60.6 Å². The number of hydrogen-bond donors (Lipinski definition) is 0. The first-order valence-corrected chi connectivity index (χ1v) is 15.0. The SMILES string of the molecule is O=S(=O)(N(CCCCCCCCN(S(=O)(=O)C(F)(F)F)S(=O)(=O)C(F)(F)F)S(=O)(=O)C(F)(F)F)C(F)(F)F. The molecule has 230 valence electrons. The zero-order chi connectivity index (χ0) is 30.8. The molecule has 0 unspecified atom stereocenters. The summed E-state index contributed by atoms with van der Waals surface area (Å²) in [6.45, 7) is -3.68. The van der Waals surface area contributed by atoms with Crippen molar-refractivity contribution < 1.29 is 86.4 Å². The van der Waals surface area contributed by atoms with Gasteiger partial charge in [-0.3, -0.25) is 0 Å². The van der Waals surface area contributed by atoms with Gasteiger partial charge in [-0.15, -0.1) is 0 Å². The first-order chi connectivity index (χ1) is 16.5. The predicted octanol–water partition coefficient (Wildman–Crippen LogP) is 3.33. The Bertz CT molecular complexity index is 1050. The van der Waals surface area contributed by atoms with Crippen molar-refractivity contribution >= 4 is 40.1 Å². The zero-order valence-electron chi connectivity index (χ0n) is 18.0. The molecule has 10 nitrogen and oxygen atoms in total. The fraction of sp³-hybridized carbons (Fsp3) is 1.00. The topological polar surface area (TPSA) is 143 Å². The molecule has 0 saturated heterocycles. The highest BCUT2D eigenvalue weighted by Crippen LogP contribution is 2.36. The monoisotopic (exact) mass is 672 g/mol. The summed E-state index contributed by atoms with van der Waals surface area (Å²) in [4.78, 5) is 0. The highest BCUT2D eigenvalue weighted by molar-refractivity contribution is 8.05. The van der Waals surface area contributed by atoms with E-state index >= 15 is 0 Å². The molecule has 0 saturated carbocycles. The Morgan fingerprint density at radius 1 is 0.342 bits per heavy atom. The van der Waals surface area contributed by atoms with E-state index in [-0.39, 0.29) is 12.8 Å². The van der Waals surface area contributed by atoms with Crippen LogP contribution in [-0.4, -0.2) is 76.2 Å². The molecule has 0 aliphatic heterocycles. The minimum Gasteiger partial charge on any atom is -0.202 e. The number of rotatable bonds is 13. The molecule has 0 spiro atoms. The van der Waals surface area contributed by atoms with Crippen molar-refractivity contribution in [3.63, 3.8) is 0 Å². The lowest BCUT2D eigenvalue weighted by molar-refractivity contribution is -0.0542. The minimum atomic E-state index is -7.02. The highest BCUT2D eigenvalue weighted by Gasteiger charge is 2.62. The Morgan fingerprint density at radius 3 is 0.658 bits per heavy atom. The van der Waals surface area contributed by atoms with Crippen LogP contribution < -0.4 is 0 Å². The predicted molar refractivity (Wildman–Crippen MR) is 101 cm³/mol. The first kappa shape index (κ1) is 36.9. The van der Waals surface area contributed by atoms with E-state index in [1.54, 1.807) is 0 Å². The summed E-state index contributed by atoms with van der Waals surface area (Å²) in [6, 6.07) is 0. The second-order valence-electron chi connectivity index (χ2n) is 6.92. The van der Waals surface area contributed by atoms with Crippen LogP contribution in [0.15, 0.2) is 0 Å². The molecule has 0 amide bonds. The van der Waals surface area contributed by atoms with Crippen LogP contribution in [0.4, 0.5) is 52.7 Å². The van der Waals surface area contributed by atoms with Crippen molar-refractivity contribution in [1.29, 1.82) is 0 Å². The number of halogens is 12. The average molecular weight is 673 g/mol. The molecular formula is C12H16F12N2O8S4. The van der Waals surface area contributed by atoms with E-state index < -0.39 is 108 Å². The normalized spacial score (nSPS) is 15.4. The van der Waals surface area contributed by atoms with Crippen molar-refractivity contribution in [3.05, 3.63) is 0 Å². The Kier molecular flexibility index (Phi) is 11.4. The quantitative estimate of drug-likeness (QED) is 0.214. The van der Waals surface area contributed by atoms with Gasteiger partial charge in [-0.2, -0.15) is 52.7 Å². The van der Waals surface area contributed by atoms with Gasteiger partial charge in [0, 0.05) is 13.1 Å². The molecule has 0 rings (SSSR count). The molecule has 0 aromatic carbocycles. The van der Waals surface area contributed by atoms with E-state index in [2.05, 4.69) is 0 Å². The lowest BCUT2D eigenvalue weighted by Gasteiger charge is -2.24. The average Bonchev–Trinajstić information content (AvgIpc) is 2.65. The van der Waals surface area contributed by atoms with E-state index in [1.807, 2.05) is 0 Å². The first-order valence-electron chi connectivity index (χ1n) is 9.28. The number of alkyl halides is 12. The maximum atomic E-state index is 12.6. The smallest absolute Gasteiger partial charge is 0.202 e. The van der Waals surface area contributed by atoms with Crippen LogP contribution in [0.25, 0.3) is 0 Å². The maximum Gasteiger partial charge on any atom is 0.512 e. The van der Waals surface area contributed by atoms with Gasteiger partial charge in [0.2, 0.25) is 0 Å². The fourth-order valence-electron chi connectivity index (χ4n) is 2.39. The van der Waals surface area contributed by atoms with E-state index in [0.29, 0.717) is 0 Å². The van der Waals surface area contributed by atoms with Crippen LogP contribution in [0.3, 0.4) is 0 Å². The van der Waals surface area contributed by atoms with Gasteiger partial charge in [-0.1, -0.05) is 33.1 Å². The number of nitrogens with zero attached hydrogens (tertiary/aromatic N) is 2. The Hall–Kier alpha value is -1.12. The maximum absolute atomic E-state index is 12.6. The second kappa shape index (κ2) is 11.8. The molecule has 0 N–H and O–H groups in total. The van der Waals surface area contributed by atoms with Gasteiger partial charge in [0.25, 0.3) is 0 Å². The van der Waals surface area contributed by atoms with E-state index in [9.17, 15) is 86.4 Å². The Labute approximate surface area is 207 Å². The van der Waals surface area contributed by atoms with Crippen LogP contribution in [0, 0.1) is 0 Å². The number of sulfonamides is 4. The number of unbranched alkanes of at least 4 members (excludes halogenated alkanes) is 5. The highest BCUT2D eigenvalue weighted by atomic mass is 32.3. The van der Waals surface area contributed by atoms with Gasteiger partial charge in [-0.25, -0.2) is 33.7 Å². The lowest BCUT2D eigenvalue weighted by Crippen LogP contribution is -2.49. The molecule has 26 heteroatoms. The molecule has 0 radical (unpaired) electrons. The van der Waals surface area contributed by atoms with Crippen molar-refractivity contribution in [2.24, 2.45) is 0 Å². The van der Waals surface area contributed by atoms with E-state index in [1.165, 1.54) is 0 Å². The van der Waals surface area contributed by atoms with Crippen LogP contribution in [0.1, 0.15) is 38.5 Å². The third kappa shape index (κ3) is 8.20. The third-order valence-corrected chi connectivity index (χ3v) is 11.7. The summed E-state index contributed by atoms with van der Waals surface area (Å²) in [5.74, 6) is 0. The van der Waals surface area contributed by atoms with Crippen LogP contribution in [0.5, 0.6) is 0 Å². The summed E-state index contributed by atoms with van der Waals surface area (Å²) in [6.07, 6.45) is -3.65. The van der Waals surface area contributed by atoms with Crippen LogP contribution in [-0.2, 0) is 40.1 Å². The third-order valence-electron chi connectivity index (χ3n) is 4.17. The van der Waals surface area contributed by atoms with Crippen molar-refractivity contribution in [2.75, 3.05) is 13.1 Å². The summed E-state index contributed by atoms with van der Waals surface area (Å²) >= 11 is 0. The van der Waals surface area contributed by atoms with Gasteiger partial charge < -0.3 is 0 Å². The largest absolute Gasteiger partial charge is 0.512 e. The Morgan fingerprint density at radius 2 is 0.500 bits per heavy atom. The van der Waals surface area contributed by atoms with Gasteiger partial charge in [0.1, 0.15) is 0 Å². The standard InChI is InChI=1S/C12H16F12N2O8S4/c13-9(14,15)35(27,28)25(36(29,30)10(16,17)18)7-5-3-1-2-4-6-8-26(37(31,32)11(19,20)21)38(33,34)12(22,23)24/h1-8H2. The molecule has 0 fully saturated rings. The molecule has 0 atom stereocenters. The minimum absolute atomic E-state index is 0.343. The van der Waals surface area contributed by atoms with E-state index in [4.69, 9.17) is 0 Å². The number of hydrogen-bond acceptors (Lipinski definition) is 8. The van der Waals surface area contributed by atoms with Gasteiger partial charge >= 0.3 is 62.1 Å². The second-order valence-corrected chi connectivity index (χ2v) is 14.8. The zero-order valence-corrected chi connectivity index (χ0v) is 21.3. The van der Waals surface area contributed by atoms with Crippen molar-refractivity contribution in [1.82, 2.24) is 7.42 Å². The van der Waals surface area contributed by atoms with Crippen LogP contribution in [0.2, 0.25) is 0 Å². The van der Waals surface area contributed by atoms with Gasteiger partial charge in [0.05, 0.1) is 0 Å². The fourth-order valence-corrected chi connectivity index (χ4v) is 7.87. The molecular weight excluding hydrogens is 656 g/mol. The Balaban J connectivity index is 5.28. The molecule has 0 aromatic rings. The molecule has 0 aliphatic rings. The van der Waals surface area contributed by atoms with Gasteiger partial charge in [0.15, 0.2) is 0 Å². The van der Waals surface area contributed by atoms with Gasteiger partial charge in [-0.05, 0) is 12.8 Å². The molecule has 0 bridgehead atoms. The summed E-state index contributed by atoms with van der Waals surface area (Å²) in [5.41, 5.74) is -25.8.